The lowest BCUT2D eigenvalue weighted by molar-refractivity contribution is -0.137. The zero-order chi connectivity index (χ0) is 16.8. The summed E-state index contributed by atoms with van der Waals surface area (Å²) in [7, 11) is 3.02. The maximum atomic E-state index is 12.2. The first-order valence-electron chi connectivity index (χ1n) is 6.82. The lowest BCUT2D eigenvalue weighted by atomic mass is 10.0. The number of ether oxygens (including phenoxy) is 2. The van der Waals surface area contributed by atoms with Crippen molar-refractivity contribution in [3.8, 4) is 11.5 Å². The van der Waals surface area contributed by atoms with Crippen molar-refractivity contribution in [2.24, 2.45) is 0 Å². The van der Waals surface area contributed by atoms with Gasteiger partial charge in [0.25, 0.3) is 5.91 Å². The Balaban J connectivity index is 2.27. The van der Waals surface area contributed by atoms with Gasteiger partial charge in [0.2, 0.25) is 0 Å². The smallest absolute Gasteiger partial charge is 0.305 e. The highest BCUT2D eigenvalue weighted by Gasteiger charge is 2.20. The summed E-state index contributed by atoms with van der Waals surface area (Å²) >= 11 is 1.40. The Morgan fingerprint density at radius 3 is 2.52 bits per heavy atom. The largest absolute Gasteiger partial charge is 0.493 e. The Bertz CT molecular complexity index is 684. The molecule has 1 aromatic heterocycles. The van der Waals surface area contributed by atoms with Gasteiger partial charge < -0.3 is 19.9 Å². The summed E-state index contributed by atoms with van der Waals surface area (Å²) in [5, 5.41) is 15.4. The molecule has 1 heterocycles. The van der Waals surface area contributed by atoms with Crippen LogP contribution in [0.25, 0.3) is 0 Å². The quantitative estimate of drug-likeness (QED) is 0.813. The number of carboxylic acid groups (broad SMARTS) is 1. The van der Waals surface area contributed by atoms with Gasteiger partial charge in [0, 0.05) is 5.38 Å². The molecular weight excluding hydrogens is 318 g/mol. The maximum Gasteiger partial charge on any atom is 0.305 e. The molecule has 0 aliphatic carbocycles. The molecule has 7 heteroatoms. The van der Waals surface area contributed by atoms with E-state index in [0.29, 0.717) is 22.6 Å². The SMILES string of the molecule is COc1ccc([C@@H](CC(=O)O)NC(=O)c2ccsc2)cc1OC. The summed E-state index contributed by atoms with van der Waals surface area (Å²) in [5.74, 6) is -0.303. The molecule has 0 spiro atoms. The van der Waals surface area contributed by atoms with Crippen LogP contribution in [-0.4, -0.2) is 31.2 Å². The van der Waals surface area contributed by atoms with Crippen LogP contribution in [0.2, 0.25) is 0 Å². The molecule has 2 rings (SSSR count). The van der Waals surface area contributed by atoms with Crippen LogP contribution in [0.4, 0.5) is 0 Å². The monoisotopic (exact) mass is 335 g/mol. The van der Waals surface area contributed by atoms with E-state index in [0.717, 1.165) is 0 Å². The third kappa shape index (κ3) is 4.23. The Labute approximate surface area is 137 Å². The Morgan fingerprint density at radius 1 is 1.22 bits per heavy atom. The van der Waals surface area contributed by atoms with Crippen LogP contribution in [0.15, 0.2) is 35.0 Å². The molecule has 23 heavy (non-hydrogen) atoms. The van der Waals surface area contributed by atoms with Crippen molar-refractivity contribution >= 4 is 23.2 Å². The fraction of sp³-hybridized carbons (Fsp3) is 0.250. The molecule has 6 nitrogen and oxygen atoms in total. The molecule has 1 aromatic carbocycles. The number of carbonyl (C=O) groups excluding carboxylic acids is 1. The molecule has 0 aliphatic heterocycles. The number of amides is 1. The predicted octanol–water partition coefficient (Wildman–Crippen LogP) is 2.71. The van der Waals surface area contributed by atoms with Crippen molar-refractivity contribution in [3.05, 3.63) is 46.2 Å². The second-order valence-corrected chi connectivity index (χ2v) is 5.53. The van der Waals surface area contributed by atoms with Crippen molar-refractivity contribution in [3.63, 3.8) is 0 Å². The molecule has 122 valence electrons. The van der Waals surface area contributed by atoms with Crippen LogP contribution in [0.1, 0.15) is 28.4 Å². The number of carboxylic acids is 1. The van der Waals surface area contributed by atoms with Crippen LogP contribution in [0, 0.1) is 0 Å². The fourth-order valence-corrected chi connectivity index (χ4v) is 2.77. The van der Waals surface area contributed by atoms with Gasteiger partial charge in [-0.15, -0.1) is 0 Å². The van der Waals surface area contributed by atoms with Crippen LogP contribution in [0.3, 0.4) is 0 Å². The number of thiophene rings is 1. The molecule has 0 unspecified atom stereocenters. The van der Waals surface area contributed by atoms with E-state index in [9.17, 15) is 9.59 Å². The summed E-state index contributed by atoms with van der Waals surface area (Å²) < 4.78 is 10.4. The number of benzene rings is 1. The highest BCUT2D eigenvalue weighted by atomic mass is 32.1. The maximum absolute atomic E-state index is 12.2. The van der Waals surface area contributed by atoms with E-state index in [-0.39, 0.29) is 12.3 Å². The second-order valence-electron chi connectivity index (χ2n) is 4.75. The first-order chi connectivity index (χ1) is 11.0. The molecular formula is C16H17NO5S. The highest BCUT2D eigenvalue weighted by molar-refractivity contribution is 7.08. The van der Waals surface area contributed by atoms with Gasteiger partial charge >= 0.3 is 5.97 Å². The van der Waals surface area contributed by atoms with Gasteiger partial charge in [-0.2, -0.15) is 11.3 Å². The average molecular weight is 335 g/mol. The second kappa shape index (κ2) is 7.64. The van der Waals surface area contributed by atoms with Crippen LogP contribution in [0.5, 0.6) is 11.5 Å². The van der Waals surface area contributed by atoms with Crippen molar-refractivity contribution in [2.45, 2.75) is 12.5 Å². The number of hydrogen-bond donors (Lipinski definition) is 2. The molecule has 0 aliphatic rings. The van der Waals surface area contributed by atoms with Gasteiger partial charge in [0.1, 0.15) is 0 Å². The van der Waals surface area contributed by atoms with E-state index in [2.05, 4.69) is 5.32 Å². The number of nitrogens with one attached hydrogen (secondary N) is 1. The van der Waals surface area contributed by atoms with Crippen LogP contribution < -0.4 is 14.8 Å². The topological polar surface area (TPSA) is 84.9 Å². The van der Waals surface area contributed by atoms with E-state index >= 15 is 0 Å². The summed E-state index contributed by atoms with van der Waals surface area (Å²) in [6, 6.07) is 6.08. The Hall–Kier alpha value is -2.54. The molecule has 1 atom stereocenters. The minimum absolute atomic E-state index is 0.231. The standard InChI is InChI=1S/C16H17NO5S/c1-21-13-4-3-10(7-14(13)22-2)12(8-15(18)19)17-16(20)11-5-6-23-9-11/h3-7,9,12H,8H2,1-2H3,(H,17,20)(H,18,19)/t12-/m1/s1. The lowest BCUT2D eigenvalue weighted by Crippen LogP contribution is -2.30. The van der Waals surface area contributed by atoms with Crippen molar-refractivity contribution in [2.75, 3.05) is 14.2 Å². The van der Waals surface area contributed by atoms with Crippen molar-refractivity contribution in [1.82, 2.24) is 5.32 Å². The molecule has 2 N–H and O–H groups in total. The van der Waals surface area contributed by atoms with E-state index < -0.39 is 12.0 Å². The van der Waals surface area contributed by atoms with E-state index in [4.69, 9.17) is 14.6 Å². The molecule has 0 radical (unpaired) electrons. The number of methoxy groups -OCH3 is 2. The Morgan fingerprint density at radius 2 is 1.96 bits per heavy atom. The van der Waals surface area contributed by atoms with Gasteiger partial charge in [-0.3, -0.25) is 9.59 Å². The number of hydrogen-bond acceptors (Lipinski definition) is 5. The summed E-state index contributed by atoms with van der Waals surface area (Å²) in [6.45, 7) is 0. The van der Waals surface area contributed by atoms with Gasteiger partial charge in [0.15, 0.2) is 11.5 Å². The summed E-state index contributed by atoms with van der Waals surface area (Å²) in [6.07, 6.45) is -0.231. The summed E-state index contributed by atoms with van der Waals surface area (Å²) in [4.78, 5) is 23.3. The fourth-order valence-electron chi connectivity index (χ4n) is 2.13. The van der Waals surface area contributed by atoms with Crippen LogP contribution >= 0.6 is 11.3 Å². The Kier molecular flexibility index (Phi) is 5.59. The van der Waals surface area contributed by atoms with Gasteiger partial charge in [-0.25, -0.2) is 0 Å². The highest BCUT2D eigenvalue weighted by Crippen LogP contribution is 2.31. The molecule has 0 bridgehead atoms. The number of rotatable bonds is 7. The molecule has 0 saturated carbocycles. The zero-order valence-corrected chi connectivity index (χ0v) is 13.6. The third-order valence-corrected chi connectivity index (χ3v) is 3.96. The average Bonchev–Trinajstić information content (AvgIpc) is 3.07. The number of carbonyl (C=O) groups is 2. The zero-order valence-electron chi connectivity index (χ0n) is 12.7. The molecule has 0 fully saturated rings. The molecule has 0 saturated heterocycles. The molecule has 2 aromatic rings. The first-order valence-corrected chi connectivity index (χ1v) is 7.76. The first kappa shape index (κ1) is 16.8. The van der Waals surface area contributed by atoms with Crippen molar-refractivity contribution < 1.29 is 24.2 Å². The van der Waals surface area contributed by atoms with E-state index in [1.807, 2.05) is 0 Å². The van der Waals surface area contributed by atoms with Gasteiger partial charge in [-0.05, 0) is 29.1 Å². The van der Waals surface area contributed by atoms with E-state index in [1.54, 1.807) is 35.0 Å². The predicted molar refractivity (Wildman–Crippen MR) is 86.3 cm³/mol. The normalized spacial score (nSPS) is 11.6. The van der Waals surface area contributed by atoms with E-state index in [1.165, 1.54) is 25.6 Å². The summed E-state index contributed by atoms with van der Waals surface area (Å²) in [5.41, 5.74) is 1.14. The van der Waals surface area contributed by atoms with Gasteiger partial charge in [-0.1, -0.05) is 6.07 Å². The number of aliphatic carboxylic acids is 1. The van der Waals surface area contributed by atoms with Crippen LogP contribution in [-0.2, 0) is 4.79 Å². The minimum atomic E-state index is -1.00. The third-order valence-electron chi connectivity index (χ3n) is 3.28. The lowest BCUT2D eigenvalue weighted by Gasteiger charge is -2.19. The minimum Gasteiger partial charge on any atom is -0.493 e. The molecule has 1 amide bonds. The van der Waals surface area contributed by atoms with Gasteiger partial charge in [0.05, 0.1) is 32.2 Å². The van der Waals surface area contributed by atoms with Crippen molar-refractivity contribution in [1.29, 1.82) is 0 Å².